The van der Waals surface area contributed by atoms with Crippen LogP contribution in [0.25, 0.3) is 11.3 Å². The van der Waals surface area contributed by atoms with Crippen molar-refractivity contribution >= 4 is 11.6 Å². The Hall–Kier alpha value is -1.28. The maximum atomic E-state index is 5.69. The summed E-state index contributed by atoms with van der Waals surface area (Å²) in [6.07, 6.45) is 4.98. The largest absolute Gasteiger partial charge is 0.342 e. The van der Waals surface area contributed by atoms with Crippen LogP contribution in [0.1, 0.15) is 24.7 Å². The zero-order chi connectivity index (χ0) is 12.1. The van der Waals surface area contributed by atoms with Gasteiger partial charge >= 0.3 is 0 Å². The molecule has 0 saturated heterocycles. The van der Waals surface area contributed by atoms with Crippen molar-refractivity contribution in [2.45, 2.75) is 26.2 Å². The van der Waals surface area contributed by atoms with Crippen molar-refractivity contribution in [3.05, 3.63) is 41.9 Å². The third-order valence-electron chi connectivity index (χ3n) is 2.76. The Bertz CT molecular complexity index is 459. The van der Waals surface area contributed by atoms with Gasteiger partial charge in [-0.2, -0.15) is 0 Å². The van der Waals surface area contributed by atoms with Gasteiger partial charge < -0.3 is 4.98 Å². The molecule has 0 bridgehead atoms. The van der Waals surface area contributed by atoms with Crippen LogP contribution in [0.15, 0.2) is 30.5 Å². The predicted octanol–water partition coefficient (Wildman–Crippen LogP) is 3.81. The molecule has 90 valence electrons. The highest BCUT2D eigenvalue weighted by Crippen LogP contribution is 2.18. The summed E-state index contributed by atoms with van der Waals surface area (Å²) in [5.41, 5.74) is 3.63. The minimum absolute atomic E-state index is 0.600. The molecule has 17 heavy (non-hydrogen) atoms. The molecule has 0 unspecified atom stereocenters. The van der Waals surface area contributed by atoms with E-state index in [1.165, 1.54) is 17.5 Å². The molecule has 0 amide bonds. The van der Waals surface area contributed by atoms with Gasteiger partial charge in [0.15, 0.2) is 0 Å². The molecule has 3 heteroatoms. The van der Waals surface area contributed by atoms with Crippen molar-refractivity contribution in [1.82, 2.24) is 9.97 Å². The van der Waals surface area contributed by atoms with E-state index in [9.17, 15) is 0 Å². The number of H-pyrrole nitrogens is 1. The number of imidazole rings is 1. The van der Waals surface area contributed by atoms with Gasteiger partial charge in [-0.15, -0.1) is 11.6 Å². The molecule has 1 aromatic heterocycles. The van der Waals surface area contributed by atoms with Crippen molar-refractivity contribution in [3.63, 3.8) is 0 Å². The summed E-state index contributed by atoms with van der Waals surface area (Å²) < 4.78 is 0. The number of hydrogen-bond donors (Lipinski definition) is 1. The van der Waals surface area contributed by atoms with Gasteiger partial charge in [-0.05, 0) is 17.5 Å². The smallest absolute Gasteiger partial charge is 0.107 e. The summed E-state index contributed by atoms with van der Waals surface area (Å²) in [5.74, 6) is 1.55. The number of hydrogen-bond acceptors (Lipinski definition) is 1. The van der Waals surface area contributed by atoms with Crippen LogP contribution in [-0.2, 0) is 12.8 Å². The quantitative estimate of drug-likeness (QED) is 0.801. The van der Waals surface area contributed by atoms with E-state index in [1.54, 1.807) is 0 Å². The number of halogens is 1. The maximum Gasteiger partial charge on any atom is 0.107 e. The lowest BCUT2D eigenvalue weighted by Crippen LogP contribution is -1.88. The first-order chi connectivity index (χ1) is 8.33. The van der Waals surface area contributed by atoms with Gasteiger partial charge in [-0.3, -0.25) is 0 Å². The fourth-order valence-electron chi connectivity index (χ4n) is 1.87. The van der Waals surface area contributed by atoms with Crippen LogP contribution in [0, 0.1) is 0 Å². The van der Waals surface area contributed by atoms with E-state index in [-0.39, 0.29) is 0 Å². The Morgan fingerprint density at radius 3 is 2.59 bits per heavy atom. The van der Waals surface area contributed by atoms with Crippen LogP contribution >= 0.6 is 11.6 Å². The molecule has 0 aliphatic rings. The van der Waals surface area contributed by atoms with Crippen LogP contribution in [0.3, 0.4) is 0 Å². The number of aromatic nitrogens is 2. The van der Waals surface area contributed by atoms with E-state index in [0.29, 0.717) is 5.88 Å². The molecule has 2 rings (SSSR count). The number of aryl methyl sites for hydroxylation is 2. The van der Waals surface area contributed by atoms with Gasteiger partial charge in [0.1, 0.15) is 5.82 Å². The Kier molecular flexibility index (Phi) is 4.21. The molecule has 0 fully saturated rings. The van der Waals surface area contributed by atoms with E-state index in [2.05, 4.69) is 41.2 Å². The second-order valence-corrected chi connectivity index (χ2v) is 4.51. The molecule has 2 nitrogen and oxygen atoms in total. The molecule has 1 N–H and O–H groups in total. The van der Waals surface area contributed by atoms with Gasteiger partial charge in [0, 0.05) is 12.3 Å². The third-order valence-corrected chi connectivity index (χ3v) is 2.95. The summed E-state index contributed by atoms with van der Waals surface area (Å²) in [7, 11) is 0. The molecular weight excluding hydrogens is 232 g/mol. The standard InChI is InChI=1S/C14H17ClN2/c1-2-3-11-4-6-12(7-5-11)13-10-16-14(17-13)8-9-15/h4-7,10H,2-3,8-9H2,1H3,(H,16,17). The number of nitrogens with one attached hydrogen (secondary N) is 1. The van der Waals surface area contributed by atoms with Crippen molar-refractivity contribution in [2.24, 2.45) is 0 Å². The maximum absolute atomic E-state index is 5.69. The van der Waals surface area contributed by atoms with Gasteiger partial charge in [0.2, 0.25) is 0 Å². The van der Waals surface area contributed by atoms with Gasteiger partial charge in [-0.25, -0.2) is 4.98 Å². The third kappa shape index (κ3) is 3.10. The van der Waals surface area contributed by atoms with E-state index < -0.39 is 0 Å². The minimum Gasteiger partial charge on any atom is -0.342 e. The first kappa shape index (κ1) is 12.2. The highest BCUT2D eigenvalue weighted by molar-refractivity contribution is 6.17. The first-order valence-corrected chi connectivity index (χ1v) is 6.56. The molecule has 0 aliphatic heterocycles. The summed E-state index contributed by atoms with van der Waals surface area (Å²) in [6.45, 7) is 2.20. The second-order valence-electron chi connectivity index (χ2n) is 4.13. The molecule has 1 aromatic carbocycles. The van der Waals surface area contributed by atoms with Crippen molar-refractivity contribution in [3.8, 4) is 11.3 Å². The van der Waals surface area contributed by atoms with Crippen molar-refractivity contribution < 1.29 is 0 Å². The Morgan fingerprint density at radius 1 is 1.18 bits per heavy atom. The Labute approximate surface area is 107 Å². The fourth-order valence-corrected chi connectivity index (χ4v) is 2.04. The average molecular weight is 249 g/mol. The van der Waals surface area contributed by atoms with Gasteiger partial charge in [0.05, 0.1) is 11.9 Å². The number of benzene rings is 1. The number of nitrogens with zero attached hydrogens (tertiary/aromatic N) is 1. The van der Waals surface area contributed by atoms with E-state index in [0.717, 1.165) is 24.4 Å². The zero-order valence-corrected chi connectivity index (χ0v) is 10.8. The fraction of sp³-hybridized carbons (Fsp3) is 0.357. The Balaban J connectivity index is 2.15. The van der Waals surface area contributed by atoms with Crippen LogP contribution in [0.4, 0.5) is 0 Å². The van der Waals surface area contributed by atoms with E-state index in [1.807, 2.05) is 6.20 Å². The van der Waals surface area contributed by atoms with E-state index in [4.69, 9.17) is 11.6 Å². The summed E-state index contributed by atoms with van der Waals surface area (Å²) in [5, 5.41) is 0. The van der Waals surface area contributed by atoms with Crippen LogP contribution in [-0.4, -0.2) is 15.8 Å². The highest BCUT2D eigenvalue weighted by atomic mass is 35.5. The number of rotatable bonds is 5. The second kappa shape index (κ2) is 5.87. The lowest BCUT2D eigenvalue weighted by molar-refractivity contribution is 0.922. The van der Waals surface area contributed by atoms with Crippen molar-refractivity contribution in [2.75, 3.05) is 5.88 Å². The van der Waals surface area contributed by atoms with Crippen LogP contribution in [0.2, 0.25) is 0 Å². The molecule has 0 aliphatic carbocycles. The molecule has 0 atom stereocenters. The number of alkyl halides is 1. The summed E-state index contributed by atoms with van der Waals surface area (Å²) in [4.78, 5) is 7.59. The molecular formula is C14H17ClN2. The molecule has 2 aromatic rings. The van der Waals surface area contributed by atoms with E-state index >= 15 is 0 Å². The lowest BCUT2D eigenvalue weighted by atomic mass is 10.1. The lowest BCUT2D eigenvalue weighted by Gasteiger charge is -2.01. The predicted molar refractivity (Wildman–Crippen MR) is 72.4 cm³/mol. The summed E-state index contributed by atoms with van der Waals surface area (Å²) >= 11 is 5.69. The van der Waals surface area contributed by atoms with Crippen molar-refractivity contribution in [1.29, 1.82) is 0 Å². The molecule has 0 radical (unpaired) electrons. The zero-order valence-electron chi connectivity index (χ0n) is 10.0. The Morgan fingerprint density at radius 2 is 1.94 bits per heavy atom. The van der Waals surface area contributed by atoms with Gasteiger partial charge in [0.25, 0.3) is 0 Å². The monoisotopic (exact) mass is 248 g/mol. The molecule has 1 heterocycles. The minimum atomic E-state index is 0.600. The highest BCUT2D eigenvalue weighted by Gasteiger charge is 2.02. The first-order valence-electron chi connectivity index (χ1n) is 6.02. The van der Waals surface area contributed by atoms with Gasteiger partial charge in [-0.1, -0.05) is 37.6 Å². The number of aromatic amines is 1. The average Bonchev–Trinajstić information content (AvgIpc) is 2.80. The molecule has 0 spiro atoms. The summed E-state index contributed by atoms with van der Waals surface area (Å²) in [6, 6.07) is 8.65. The van der Waals surface area contributed by atoms with Crippen LogP contribution < -0.4 is 0 Å². The normalized spacial score (nSPS) is 10.7. The SMILES string of the molecule is CCCc1ccc(-c2cnc(CCCl)[nH]2)cc1. The van der Waals surface area contributed by atoms with Crippen LogP contribution in [0.5, 0.6) is 0 Å². The molecule has 0 saturated carbocycles. The topological polar surface area (TPSA) is 28.7 Å².